The lowest BCUT2D eigenvalue weighted by Crippen LogP contribution is -2.23. The number of hydrogen-bond acceptors (Lipinski definition) is 6. The highest BCUT2D eigenvalue weighted by atomic mass is 16.5. The van der Waals surface area contributed by atoms with Gasteiger partial charge in [-0.05, 0) is 44.4 Å². The van der Waals surface area contributed by atoms with E-state index in [1.165, 1.54) is 0 Å². The number of hydrogen-bond donors (Lipinski definition) is 2. The number of carbonyl (C=O) groups excluding carboxylic acids is 3. The normalized spacial score (nSPS) is 13.7. The van der Waals surface area contributed by atoms with Crippen molar-refractivity contribution in [1.29, 1.82) is 0 Å². The molecule has 0 bridgehead atoms. The molecular weight excluding hydrogens is 446 g/mol. The number of nitrogens with zero attached hydrogens (tertiary/aromatic N) is 1. The molecular formula is C27H27N3O5. The molecule has 1 aliphatic rings. The van der Waals surface area contributed by atoms with Crippen LogP contribution in [0, 0.1) is 6.92 Å². The smallest absolute Gasteiger partial charge is 0.340 e. The molecule has 0 saturated heterocycles. The number of benzene rings is 2. The first-order chi connectivity index (χ1) is 17.0. The van der Waals surface area contributed by atoms with Gasteiger partial charge in [0.25, 0.3) is 5.91 Å². The van der Waals surface area contributed by atoms with Crippen LogP contribution in [0.5, 0.6) is 0 Å². The third kappa shape index (κ3) is 5.48. The van der Waals surface area contributed by atoms with Crippen LogP contribution >= 0.6 is 0 Å². The first-order valence-corrected chi connectivity index (χ1v) is 11.6. The topological polar surface area (TPSA) is 110 Å². The summed E-state index contributed by atoms with van der Waals surface area (Å²) in [6.07, 6.45) is 2.34. The van der Waals surface area contributed by atoms with Crippen molar-refractivity contribution in [3.05, 3.63) is 88.4 Å². The molecule has 180 valence electrons. The minimum absolute atomic E-state index is 0.152. The van der Waals surface area contributed by atoms with E-state index in [0.717, 1.165) is 17.5 Å². The van der Waals surface area contributed by atoms with Crippen molar-refractivity contribution in [2.24, 2.45) is 5.10 Å². The minimum Gasteiger partial charge on any atom is -0.462 e. The van der Waals surface area contributed by atoms with E-state index in [0.29, 0.717) is 35.6 Å². The molecule has 1 aromatic heterocycles. The molecule has 3 aromatic rings. The predicted octanol–water partition coefficient (Wildman–Crippen LogP) is 4.42. The van der Waals surface area contributed by atoms with E-state index < -0.39 is 11.9 Å². The fourth-order valence-electron chi connectivity index (χ4n) is 4.11. The number of carbonyl (C=O) groups is 3. The van der Waals surface area contributed by atoms with Crippen LogP contribution in [0.15, 0.2) is 64.1 Å². The van der Waals surface area contributed by atoms with Gasteiger partial charge in [-0.1, -0.05) is 42.5 Å². The largest absolute Gasteiger partial charge is 0.462 e. The van der Waals surface area contributed by atoms with E-state index in [2.05, 4.69) is 15.8 Å². The number of anilines is 1. The molecule has 0 saturated carbocycles. The monoisotopic (exact) mass is 473 g/mol. The maximum atomic E-state index is 13.1. The molecule has 2 amide bonds. The Labute approximate surface area is 203 Å². The van der Waals surface area contributed by atoms with Crippen LogP contribution in [0.3, 0.4) is 0 Å². The van der Waals surface area contributed by atoms with Crippen molar-refractivity contribution in [1.82, 2.24) is 5.43 Å². The maximum Gasteiger partial charge on any atom is 0.340 e. The van der Waals surface area contributed by atoms with Gasteiger partial charge < -0.3 is 14.5 Å². The number of fused-ring (bicyclic) bond motifs is 1. The van der Waals surface area contributed by atoms with Crippen molar-refractivity contribution >= 4 is 29.2 Å². The third-order valence-electron chi connectivity index (χ3n) is 5.73. The van der Waals surface area contributed by atoms with E-state index in [9.17, 15) is 14.4 Å². The van der Waals surface area contributed by atoms with Gasteiger partial charge in [-0.25, -0.2) is 10.2 Å². The average molecular weight is 474 g/mol. The molecule has 2 aromatic carbocycles. The molecule has 35 heavy (non-hydrogen) atoms. The minimum atomic E-state index is -0.514. The number of hydrazone groups is 1. The number of esters is 1. The highest BCUT2D eigenvalue weighted by molar-refractivity contribution is 6.11. The molecule has 4 rings (SSSR count). The van der Waals surface area contributed by atoms with Crippen LogP contribution in [0.4, 0.5) is 5.69 Å². The molecule has 8 heteroatoms. The molecule has 2 N–H and O–H groups in total. The number of para-hydroxylation sites is 1. The summed E-state index contributed by atoms with van der Waals surface area (Å²) in [5, 5.41) is 7.13. The van der Waals surface area contributed by atoms with Crippen molar-refractivity contribution in [3.63, 3.8) is 0 Å². The number of rotatable bonds is 7. The van der Waals surface area contributed by atoms with Gasteiger partial charge in [-0.15, -0.1) is 0 Å². The van der Waals surface area contributed by atoms with E-state index in [1.54, 1.807) is 38.1 Å². The van der Waals surface area contributed by atoms with Gasteiger partial charge in [0, 0.05) is 17.5 Å². The molecule has 0 unspecified atom stereocenters. The zero-order chi connectivity index (χ0) is 24.8. The van der Waals surface area contributed by atoms with Crippen LogP contribution in [0.2, 0.25) is 0 Å². The lowest BCUT2D eigenvalue weighted by Gasteiger charge is -2.13. The lowest BCUT2D eigenvalue weighted by molar-refractivity contribution is -0.120. The Kier molecular flexibility index (Phi) is 7.40. The van der Waals surface area contributed by atoms with E-state index in [-0.39, 0.29) is 30.3 Å². The summed E-state index contributed by atoms with van der Waals surface area (Å²) in [6, 6.07) is 16.1. The standard InChI is InChI=1S/C27H27N3O5/c1-3-34-27(33)19-12-7-8-13-20(19)28-26(32)25-17(2)24-21(14-9-15-22(24)35-25)29-30-23(31)16-18-10-5-4-6-11-18/h4-8,10-13H,3,9,14-16H2,1-2H3,(H,28,32)(H,30,31)/b29-21+. The van der Waals surface area contributed by atoms with Gasteiger partial charge in [0.2, 0.25) is 5.91 Å². The van der Waals surface area contributed by atoms with Crippen LogP contribution in [-0.4, -0.2) is 30.1 Å². The predicted molar refractivity (Wildman–Crippen MR) is 132 cm³/mol. The molecule has 0 atom stereocenters. The molecule has 0 fully saturated rings. The SMILES string of the molecule is CCOC(=O)c1ccccc1NC(=O)c1oc2c(c1C)/C(=N/NC(=O)Cc1ccccc1)CCC2. The fraction of sp³-hybridized carbons (Fsp3) is 0.259. The third-order valence-corrected chi connectivity index (χ3v) is 5.73. The summed E-state index contributed by atoms with van der Waals surface area (Å²) in [4.78, 5) is 37.7. The number of nitrogens with one attached hydrogen (secondary N) is 2. The van der Waals surface area contributed by atoms with Gasteiger partial charge in [0.15, 0.2) is 5.76 Å². The summed E-state index contributed by atoms with van der Waals surface area (Å²) in [6.45, 7) is 3.75. The summed E-state index contributed by atoms with van der Waals surface area (Å²) >= 11 is 0. The lowest BCUT2D eigenvalue weighted by atomic mass is 9.93. The highest BCUT2D eigenvalue weighted by Crippen LogP contribution is 2.30. The van der Waals surface area contributed by atoms with Crippen LogP contribution in [0.25, 0.3) is 0 Å². The first kappa shape index (κ1) is 23.9. The second kappa shape index (κ2) is 10.8. The number of ether oxygens (including phenoxy) is 1. The molecule has 1 aliphatic carbocycles. The fourth-order valence-corrected chi connectivity index (χ4v) is 4.11. The summed E-state index contributed by atoms with van der Waals surface area (Å²) in [7, 11) is 0. The van der Waals surface area contributed by atoms with Gasteiger partial charge in [-0.2, -0.15) is 5.10 Å². The average Bonchev–Trinajstić information content (AvgIpc) is 3.21. The Balaban J connectivity index is 1.53. The second-order valence-electron chi connectivity index (χ2n) is 8.18. The van der Waals surface area contributed by atoms with E-state index in [4.69, 9.17) is 9.15 Å². The number of aryl methyl sites for hydroxylation is 1. The second-order valence-corrected chi connectivity index (χ2v) is 8.18. The maximum absolute atomic E-state index is 13.1. The Morgan fingerprint density at radius 2 is 1.77 bits per heavy atom. The van der Waals surface area contributed by atoms with Crippen molar-refractivity contribution in [2.45, 2.75) is 39.5 Å². The Morgan fingerprint density at radius 3 is 2.54 bits per heavy atom. The van der Waals surface area contributed by atoms with Crippen LogP contribution in [0.1, 0.15) is 63.1 Å². The van der Waals surface area contributed by atoms with Crippen LogP contribution in [-0.2, 0) is 22.4 Å². The summed E-state index contributed by atoms with van der Waals surface area (Å²) in [5.74, 6) is -0.390. The molecule has 0 aliphatic heterocycles. The molecule has 0 spiro atoms. The van der Waals surface area contributed by atoms with Gasteiger partial charge in [0.05, 0.1) is 30.0 Å². The van der Waals surface area contributed by atoms with Crippen molar-refractivity contribution < 1.29 is 23.5 Å². The first-order valence-electron chi connectivity index (χ1n) is 11.6. The Hall–Kier alpha value is -4.20. The molecule has 8 nitrogen and oxygen atoms in total. The van der Waals surface area contributed by atoms with Gasteiger partial charge in [0.1, 0.15) is 5.76 Å². The number of amides is 2. The van der Waals surface area contributed by atoms with E-state index in [1.807, 2.05) is 30.3 Å². The van der Waals surface area contributed by atoms with E-state index >= 15 is 0 Å². The zero-order valence-electron chi connectivity index (χ0n) is 19.7. The molecule has 0 radical (unpaired) electrons. The quantitative estimate of drug-likeness (QED) is 0.390. The van der Waals surface area contributed by atoms with Crippen molar-refractivity contribution in [2.75, 3.05) is 11.9 Å². The number of furan rings is 1. The van der Waals surface area contributed by atoms with Gasteiger partial charge >= 0.3 is 5.97 Å². The van der Waals surface area contributed by atoms with Gasteiger partial charge in [-0.3, -0.25) is 9.59 Å². The Morgan fingerprint density at radius 1 is 1.03 bits per heavy atom. The zero-order valence-corrected chi connectivity index (χ0v) is 19.7. The Bertz CT molecular complexity index is 1280. The summed E-state index contributed by atoms with van der Waals surface area (Å²) in [5.41, 5.74) is 6.21. The van der Waals surface area contributed by atoms with Crippen molar-refractivity contribution in [3.8, 4) is 0 Å². The van der Waals surface area contributed by atoms with Crippen LogP contribution < -0.4 is 10.7 Å². The highest BCUT2D eigenvalue weighted by Gasteiger charge is 2.28. The summed E-state index contributed by atoms with van der Waals surface area (Å²) < 4.78 is 11.0. The molecule has 1 heterocycles.